The summed E-state index contributed by atoms with van der Waals surface area (Å²) >= 11 is 0. The molecule has 0 atom stereocenters. The van der Waals surface area contributed by atoms with Gasteiger partial charge in [0, 0.05) is 0 Å². The lowest BCUT2D eigenvalue weighted by Gasteiger charge is -2.07. The molecule has 0 amide bonds. The second kappa shape index (κ2) is 4.14. The average Bonchev–Trinajstić information content (AvgIpc) is 1.88. The zero-order chi connectivity index (χ0) is 8.85. The summed E-state index contributed by atoms with van der Waals surface area (Å²) in [4.78, 5) is 19.6. The van der Waals surface area contributed by atoms with Crippen LogP contribution in [0, 0.1) is 15.0 Å². The van der Waals surface area contributed by atoms with Gasteiger partial charge in [-0.3, -0.25) is 0 Å². The average molecular weight is 161 g/mol. The van der Waals surface area contributed by atoms with Crippen molar-refractivity contribution in [2.45, 2.75) is 6.92 Å². The lowest BCUT2D eigenvalue weighted by molar-refractivity contribution is -0.628. The Balaban J connectivity index is 4.37. The fourth-order valence-corrected chi connectivity index (χ4v) is 0.455. The van der Waals surface area contributed by atoms with Crippen molar-refractivity contribution >= 4 is 5.96 Å². The van der Waals surface area contributed by atoms with E-state index in [1.807, 2.05) is 0 Å². The van der Waals surface area contributed by atoms with Crippen LogP contribution in [0.1, 0.15) is 6.92 Å². The van der Waals surface area contributed by atoms with Gasteiger partial charge < -0.3 is 5.73 Å². The maximum absolute atomic E-state index is 10.1. The summed E-state index contributed by atoms with van der Waals surface area (Å²) in [5.74, 6) is -0.521. The van der Waals surface area contributed by atoms with Crippen LogP contribution in [0.5, 0.6) is 0 Å². The number of nitrogens with two attached hydrogens (primary N) is 1. The van der Waals surface area contributed by atoms with Crippen LogP contribution in [0.3, 0.4) is 0 Å². The van der Waals surface area contributed by atoms with E-state index in [9.17, 15) is 15.0 Å². The zero-order valence-electron chi connectivity index (χ0n) is 5.80. The second-order valence-corrected chi connectivity index (χ2v) is 1.49. The van der Waals surface area contributed by atoms with Crippen LogP contribution in [-0.2, 0) is 0 Å². The standard InChI is InChI=1S/C3H7N5O3/c1-2-7(8(10)11)3(4)5-6-9/h2H2,1H3,(H2,4,5,9). The number of hydrogen-bond acceptors (Lipinski definition) is 4. The highest BCUT2D eigenvalue weighted by Gasteiger charge is 2.16. The molecule has 8 heteroatoms. The van der Waals surface area contributed by atoms with E-state index >= 15 is 0 Å². The highest BCUT2D eigenvalue weighted by molar-refractivity contribution is 5.76. The molecule has 0 unspecified atom stereocenters. The number of nitro groups is 1. The van der Waals surface area contributed by atoms with E-state index in [-0.39, 0.29) is 6.54 Å². The molecule has 0 saturated heterocycles. The van der Waals surface area contributed by atoms with Crippen molar-refractivity contribution in [2.75, 3.05) is 6.54 Å². The molecule has 8 nitrogen and oxygen atoms in total. The van der Waals surface area contributed by atoms with Gasteiger partial charge in [-0.25, -0.2) is 10.1 Å². The summed E-state index contributed by atoms with van der Waals surface area (Å²) in [6, 6.07) is 0. The van der Waals surface area contributed by atoms with E-state index < -0.39 is 11.0 Å². The van der Waals surface area contributed by atoms with E-state index in [1.165, 1.54) is 6.92 Å². The van der Waals surface area contributed by atoms with E-state index in [2.05, 4.69) is 10.4 Å². The van der Waals surface area contributed by atoms with Crippen molar-refractivity contribution in [3.8, 4) is 0 Å². The zero-order valence-corrected chi connectivity index (χ0v) is 5.80. The Morgan fingerprint density at radius 2 is 2.36 bits per heavy atom. The van der Waals surface area contributed by atoms with E-state index in [1.54, 1.807) is 0 Å². The Morgan fingerprint density at radius 3 is 2.64 bits per heavy atom. The van der Waals surface area contributed by atoms with Crippen molar-refractivity contribution < 1.29 is 5.03 Å². The van der Waals surface area contributed by atoms with Crippen LogP contribution >= 0.6 is 0 Å². The Morgan fingerprint density at radius 1 is 1.82 bits per heavy atom. The minimum Gasteiger partial charge on any atom is -0.364 e. The van der Waals surface area contributed by atoms with Crippen molar-refractivity contribution in [3.05, 3.63) is 15.0 Å². The fourth-order valence-electron chi connectivity index (χ4n) is 0.455. The first-order valence-electron chi connectivity index (χ1n) is 2.71. The van der Waals surface area contributed by atoms with Crippen molar-refractivity contribution in [1.29, 1.82) is 0 Å². The first-order valence-corrected chi connectivity index (χ1v) is 2.71. The van der Waals surface area contributed by atoms with E-state index in [0.29, 0.717) is 5.01 Å². The normalized spacial score (nSPS) is 10.8. The smallest absolute Gasteiger partial charge is 0.281 e. The fraction of sp³-hybridized carbons (Fsp3) is 0.667. The molecule has 0 rings (SSSR count). The monoisotopic (exact) mass is 161 g/mol. The molecule has 0 aromatic rings. The molecule has 11 heavy (non-hydrogen) atoms. The maximum atomic E-state index is 10.1. The number of nitrogens with zero attached hydrogens (tertiary/aromatic N) is 4. The van der Waals surface area contributed by atoms with E-state index in [0.717, 1.165) is 0 Å². The molecule has 0 spiro atoms. The summed E-state index contributed by atoms with van der Waals surface area (Å²) in [5, 5.41) is 14.6. The summed E-state index contributed by atoms with van der Waals surface area (Å²) in [6.45, 7) is 1.52. The molecule has 0 fully saturated rings. The number of rotatable bonds is 3. The van der Waals surface area contributed by atoms with E-state index in [4.69, 9.17) is 5.73 Å². The van der Waals surface area contributed by atoms with Gasteiger partial charge in [-0.1, -0.05) is 10.1 Å². The van der Waals surface area contributed by atoms with Gasteiger partial charge in [-0.2, -0.15) is 0 Å². The Bertz CT molecular complexity index is 189. The van der Waals surface area contributed by atoms with Gasteiger partial charge in [0.1, 0.15) is 0 Å². The highest BCUT2D eigenvalue weighted by Crippen LogP contribution is 1.87. The summed E-state index contributed by atoms with van der Waals surface area (Å²) < 4.78 is 0. The third-order valence-corrected chi connectivity index (χ3v) is 0.904. The van der Waals surface area contributed by atoms with Crippen molar-refractivity contribution in [3.63, 3.8) is 0 Å². The Hall–Kier alpha value is -1.73. The van der Waals surface area contributed by atoms with Gasteiger partial charge in [0.15, 0.2) is 5.03 Å². The second-order valence-electron chi connectivity index (χ2n) is 1.49. The van der Waals surface area contributed by atoms with Gasteiger partial charge in [-0.15, -0.1) is 4.91 Å². The summed E-state index contributed by atoms with van der Waals surface area (Å²) in [6.07, 6.45) is 0. The molecule has 0 radical (unpaired) electrons. The molecule has 0 aromatic carbocycles. The summed E-state index contributed by atoms with van der Waals surface area (Å²) in [7, 11) is 0. The minimum absolute atomic E-state index is 0.0256. The Labute approximate surface area is 61.8 Å². The largest absolute Gasteiger partial charge is 0.364 e. The third kappa shape index (κ3) is 2.56. The summed E-state index contributed by atoms with van der Waals surface area (Å²) in [5.41, 5.74) is 4.98. The SMILES string of the molecule is CCN(C(N)=NN=O)[N+](=O)[O-]. The van der Waals surface area contributed by atoms with Crippen LogP contribution in [-0.4, -0.2) is 22.5 Å². The van der Waals surface area contributed by atoms with Crippen LogP contribution in [0.4, 0.5) is 0 Å². The topological polar surface area (TPSA) is 114 Å². The van der Waals surface area contributed by atoms with Gasteiger partial charge in [-0.05, 0) is 6.92 Å². The highest BCUT2D eigenvalue weighted by atomic mass is 16.7. The van der Waals surface area contributed by atoms with Gasteiger partial charge in [0.25, 0.3) is 5.96 Å². The van der Waals surface area contributed by atoms with Crippen LogP contribution in [0.25, 0.3) is 0 Å². The first kappa shape index (κ1) is 9.27. The maximum Gasteiger partial charge on any atom is 0.281 e. The Kier molecular flexibility index (Phi) is 3.49. The third-order valence-electron chi connectivity index (χ3n) is 0.904. The minimum atomic E-state index is -0.774. The number of hydrazine groups is 1. The first-order chi connectivity index (χ1) is 5.13. The van der Waals surface area contributed by atoms with Gasteiger partial charge in [0.2, 0.25) is 0 Å². The predicted molar refractivity (Wildman–Crippen MR) is 36.8 cm³/mol. The van der Waals surface area contributed by atoms with Gasteiger partial charge >= 0.3 is 0 Å². The lowest BCUT2D eigenvalue weighted by atomic mass is 10.7. The van der Waals surface area contributed by atoms with Crippen molar-refractivity contribution in [2.24, 2.45) is 16.1 Å². The molecule has 0 aliphatic heterocycles. The number of nitroso groups, excluding NO2 is 1. The van der Waals surface area contributed by atoms with Crippen molar-refractivity contribution in [1.82, 2.24) is 5.01 Å². The van der Waals surface area contributed by atoms with Crippen LogP contribution in [0.2, 0.25) is 0 Å². The predicted octanol–water partition coefficient (Wildman–Crippen LogP) is -0.504. The molecule has 0 saturated carbocycles. The lowest BCUT2D eigenvalue weighted by Crippen LogP contribution is -2.41. The molecule has 2 N–H and O–H groups in total. The molecule has 0 aromatic heterocycles. The van der Waals surface area contributed by atoms with Gasteiger partial charge in [0.05, 0.1) is 11.8 Å². The van der Waals surface area contributed by atoms with Crippen LogP contribution in [0.15, 0.2) is 10.4 Å². The molecule has 0 heterocycles. The number of hydrogen-bond donors (Lipinski definition) is 1. The molecule has 62 valence electrons. The molecule has 0 aliphatic carbocycles. The molecular formula is C3H7N5O3. The molecular weight excluding hydrogens is 154 g/mol. The number of guanidine groups is 1. The molecule has 0 aliphatic rings. The van der Waals surface area contributed by atoms with Crippen LogP contribution < -0.4 is 5.73 Å². The molecule has 0 bridgehead atoms. The quantitative estimate of drug-likeness (QED) is 0.197.